The lowest BCUT2D eigenvalue weighted by Gasteiger charge is -2.20. The third kappa shape index (κ3) is 5.21. The Kier molecular flexibility index (Phi) is 5.86. The monoisotopic (exact) mass is 312 g/mol. The highest BCUT2D eigenvalue weighted by Gasteiger charge is 2.27. The van der Waals surface area contributed by atoms with Crippen molar-refractivity contribution in [3.05, 3.63) is 30.3 Å². The summed E-state index contributed by atoms with van der Waals surface area (Å²) in [6, 6.07) is 9.73. The summed E-state index contributed by atoms with van der Waals surface area (Å²) >= 11 is 3.46. The van der Waals surface area contributed by atoms with Gasteiger partial charge in [-0.05, 0) is 25.0 Å². The number of ether oxygens (including phenoxy) is 1. The van der Waals surface area contributed by atoms with Gasteiger partial charge in [0.1, 0.15) is 5.75 Å². The molecule has 0 fully saturated rings. The van der Waals surface area contributed by atoms with Crippen LogP contribution in [-0.2, 0) is 4.79 Å². The van der Waals surface area contributed by atoms with Gasteiger partial charge in [-0.25, -0.2) is 0 Å². The number of hydrogen-bond acceptors (Lipinski definition) is 2. The summed E-state index contributed by atoms with van der Waals surface area (Å²) < 4.78 is 5.59. The number of para-hydroxylation sites is 1. The van der Waals surface area contributed by atoms with E-state index in [-0.39, 0.29) is 16.0 Å². The second-order valence-corrected chi connectivity index (χ2v) is 6.49. The van der Waals surface area contributed by atoms with E-state index in [9.17, 15) is 4.79 Å². The largest absolute Gasteiger partial charge is 0.494 e. The van der Waals surface area contributed by atoms with Crippen molar-refractivity contribution in [1.29, 1.82) is 0 Å². The zero-order chi connectivity index (χ0) is 13.6. The van der Waals surface area contributed by atoms with E-state index in [1.54, 1.807) is 0 Å². The molecule has 0 heterocycles. The number of carbonyl (C=O) groups excluding carboxylic acids is 1. The fourth-order valence-electron chi connectivity index (χ4n) is 1.57. The molecule has 0 aliphatic carbocycles. The van der Waals surface area contributed by atoms with E-state index in [0.717, 1.165) is 18.6 Å². The number of carbonyl (C=O) groups is 1. The van der Waals surface area contributed by atoms with Crippen LogP contribution in [0.3, 0.4) is 0 Å². The molecule has 0 bridgehead atoms. The van der Waals surface area contributed by atoms with Gasteiger partial charge in [-0.1, -0.05) is 54.9 Å². The molecule has 0 aliphatic rings. The van der Waals surface area contributed by atoms with Gasteiger partial charge >= 0.3 is 0 Å². The average molecular weight is 313 g/mol. The highest BCUT2D eigenvalue weighted by atomic mass is 79.9. The minimum Gasteiger partial charge on any atom is -0.494 e. The van der Waals surface area contributed by atoms with Crippen LogP contribution in [-0.4, -0.2) is 17.2 Å². The number of rotatable bonds is 6. The molecule has 0 saturated heterocycles. The lowest BCUT2D eigenvalue weighted by Crippen LogP contribution is -2.28. The summed E-state index contributed by atoms with van der Waals surface area (Å²) in [5.41, 5.74) is -0.283. The maximum absolute atomic E-state index is 11.9. The van der Waals surface area contributed by atoms with Gasteiger partial charge < -0.3 is 4.74 Å². The molecular weight excluding hydrogens is 292 g/mol. The van der Waals surface area contributed by atoms with Crippen LogP contribution in [0.5, 0.6) is 5.75 Å². The predicted molar refractivity (Wildman–Crippen MR) is 78.3 cm³/mol. The normalized spacial score (nSPS) is 13.1. The fourth-order valence-corrected chi connectivity index (χ4v) is 2.58. The molecule has 0 amide bonds. The molecule has 0 spiro atoms. The van der Waals surface area contributed by atoms with Crippen molar-refractivity contribution in [2.45, 2.75) is 38.4 Å². The number of Topliss-reactive ketones (excluding diaryl/α,β-unsaturated/α-hetero) is 1. The van der Waals surface area contributed by atoms with Gasteiger partial charge in [0.2, 0.25) is 0 Å². The summed E-state index contributed by atoms with van der Waals surface area (Å²) in [6.45, 7) is 6.49. The van der Waals surface area contributed by atoms with Crippen LogP contribution >= 0.6 is 15.9 Å². The number of halogens is 1. The highest BCUT2D eigenvalue weighted by Crippen LogP contribution is 2.23. The van der Waals surface area contributed by atoms with Crippen LogP contribution in [0.25, 0.3) is 0 Å². The lowest BCUT2D eigenvalue weighted by atomic mass is 9.88. The topological polar surface area (TPSA) is 26.3 Å². The molecular formula is C15H21BrO2. The van der Waals surface area contributed by atoms with Crippen molar-refractivity contribution in [2.75, 3.05) is 6.61 Å². The molecule has 100 valence electrons. The van der Waals surface area contributed by atoms with Gasteiger partial charge in [-0.3, -0.25) is 4.79 Å². The quantitative estimate of drug-likeness (QED) is 0.580. The predicted octanol–water partition coefficient (Wildman–Crippen LogP) is 4.22. The fraction of sp³-hybridized carbons (Fsp3) is 0.533. The van der Waals surface area contributed by atoms with Gasteiger partial charge in [-0.15, -0.1) is 0 Å². The first-order chi connectivity index (χ1) is 8.41. The molecule has 1 aromatic carbocycles. The Bertz CT molecular complexity index is 368. The van der Waals surface area contributed by atoms with Crippen molar-refractivity contribution >= 4 is 21.7 Å². The Morgan fingerprint density at radius 3 is 2.44 bits per heavy atom. The van der Waals surface area contributed by atoms with Gasteiger partial charge in [-0.2, -0.15) is 0 Å². The molecule has 0 N–H and O–H groups in total. The molecule has 0 radical (unpaired) electrons. The van der Waals surface area contributed by atoms with E-state index in [2.05, 4.69) is 15.9 Å². The van der Waals surface area contributed by atoms with Crippen molar-refractivity contribution in [3.8, 4) is 5.75 Å². The van der Waals surface area contributed by atoms with Crippen molar-refractivity contribution in [3.63, 3.8) is 0 Å². The number of alkyl halides is 1. The Morgan fingerprint density at radius 1 is 1.28 bits per heavy atom. The van der Waals surface area contributed by atoms with Gasteiger partial charge in [0.05, 0.1) is 11.4 Å². The van der Waals surface area contributed by atoms with E-state index in [4.69, 9.17) is 4.74 Å². The number of ketones is 1. The van der Waals surface area contributed by atoms with E-state index < -0.39 is 0 Å². The summed E-state index contributed by atoms with van der Waals surface area (Å²) in [5.74, 6) is 1.13. The van der Waals surface area contributed by atoms with Crippen molar-refractivity contribution < 1.29 is 9.53 Å². The third-order valence-electron chi connectivity index (χ3n) is 2.64. The maximum atomic E-state index is 11.9. The van der Waals surface area contributed by atoms with Crippen LogP contribution in [0.2, 0.25) is 0 Å². The lowest BCUT2D eigenvalue weighted by molar-refractivity contribution is -0.125. The Morgan fingerprint density at radius 2 is 1.89 bits per heavy atom. The molecule has 0 saturated carbocycles. The van der Waals surface area contributed by atoms with Crippen LogP contribution in [0.1, 0.15) is 33.6 Å². The number of benzene rings is 1. The average Bonchev–Trinajstić information content (AvgIpc) is 2.33. The molecule has 0 aromatic heterocycles. The Balaban J connectivity index is 2.24. The zero-order valence-corrected chi connectivity index (χ0v) is 12.9. The van der Waals surface area contributed by atoms with Gasteiger partial charge in [0, 0.05) is 5.41 Å². The SMILES string of the molecule is CC(C)(C)C(=O)C(Br)CCCOc1ccccc1. The van der Waals surface area contributed by atoms with Crippen LogP contribution in [0, 0.1) is 5.41 Å². The van der Waals surface area contributed by atoms with Crippen LogP contribution in [0.15, 0.2) is 30.3 Å². The molecule has 1 aromatic rings. The minimum atomic E-state index is -0.283. The molecule has 0 aliphatic heterocycles. The smallest absolute Gasteiger partial charge is 0.151 e. The third-order valence-corrected chi connectivity index (χ3v) is 3.51. The first kappa shape index (κ1) is 15.2. The Hall–Kier alpha value is -0.830. The molecule has 1 atom stereocenters. The second-order valence-electron chi connectivity index (χ2n) is 5.39. The maximum Gasteiger partial charge on any atom is 0.151 e. The molecule has 1 unspecified atom stereocenters. The summed E-state index contributed by atoms with van der Waals surface area (Å²) in [4.78, 5) is 11.9. The van der Waals surface area contributed by atoms with Crippen LogP contribution in [0.4, 0.5) is 0 Å². The van der Waals surface area contributed by atoms with E-state index in [0.29, 0.717) is 6.61 Å². The second kappa shape index (κ2) is 6.93. The Labute approximate surface area is 118 Å². The van der Waals surface area contributed by atoms with E-state index >= 15 is 0 Å². The minimum absolute atomic E-state index is 0.0723. The van der Waals surface area contributed by atoms with Crippen molar-refractivity contribution in [2.24, 2.45) is 5.41 Å². The van der Waals surface area contributed by atoms with Gasteiger partial charge in [0.25, 0.3) is 0 Å². The molecule has 2 nitrogen and oxygen atoms in total. The van der Waals surface area contributed by atoms with E-state index in [1.807, 2.05) is 51.1 Å². The summed E-state index contributed by atoms with van der Waals surface area (Å²) in [5, 5.41) is 0. The molecule has 3 heteroatoms. The zero-order valence-electron chi connectivity index (χ0n) is 11.3. The first-order valence-electron chi connectivity index (χ1n) is 6.27. The van der Waals surface area contributed by atoms with E-state index in [1.165, 1.54) is 0 Å². The van der Waals surface area contributed by atoms with Gasteiger partial charge in [0.15, 0.2) is 5.78 Å². The number of hydrogen-bond donors (Lipinski definition) is 0. The van der Waals surface area contributed by atoms with Crippen LogP contribution < -0.4 is 4.74 Å². The standard InChI is InChI=1S/C15H21BrO2/c1-15(2,3)14(17)13(16)10-7-11-18-12-8-5-4-6-9-12/h4-6,8-9,13H,7,10-11H2,1-3H3. The van der Waals surface area contributed by atoms with Crippen molar-refractivity contribution in [1.82, 2.24) is 0 Å². The molecule has 1 rings (SSSR count). The molecule has 18 heavy (non-hydrogen) atoms. The first-order valence-corrected chi connectivity index (χ1v) is 7.19. The highest BCUT2D eigenvalue weighted by molar-refractivity contribution is 9.10. The summed E-state index contributed by atoms with van der Waals surface area (Å²) in [6.07, 6.45) is 1.68. The summed E-state index contributed by atoms with van der Waals surface area (Å²) in [7, 11) is 0.